The van der Waals surface area contributed by atoms with Crippen LogP contribution in [0.3, 0.4) is 0 Å². The summed E-state index contributed by atoms with van der Waals surface area (Å²) in [4.78, 5) is 5.18. The Bertz CT molecular complexity index is 286. The van der Waals surface area contributed by atoms with Crippen LogP contribution in [0.1, 0.15) is 33.6 Å². The molecule has 0 amide bonds. The third-order valence-corrected chi connectivity index (χ3v) is 4.65. The molecule has 4 nitrogen and oxygen atoms in total. The zero-order chi connectivity index (χ0) is 14.4. The van der Waals surface area contributed by atoms with Gasteiger partial charge in [-0.25, -0.2) is 0 Å². The minimum Gasteiger partial charge on any atom is -0.380 e. The fourth-order valence-corrected chi connectivity index (χ4v) is 3.53. The van der Waals surface area contributed by atoms with Gasteiger partial charge >= 0.3 is 0 Å². The molecule has 0 aromatic heterocycles. The van der Waals surface area contributed by atoms with Crippen LogP contribution in [0.15, 0.2) is 0 Å². The molecule has 0 radical (unpaired) electrons. The molecule has 2 aliphatic heterocycles. The molecular weight excluding hydrogens is 252 g/mol. The van der Waals surface area contributed by atoms with Gasteiger partial charge in [0.1, 0.15) is 0 Å². The molecule has 118 valence electrons. The second-order valence-corrected chi connectivity index (χ2v) is 6.67. The van der Waals surface area contributed by atoms with E-state index in [9.17, 15) is 0 Å². The predicted octanol–water partition coefficient (Wildman–Crippen LogP) is 1.85. The van der Waals surface area contributed by atoms with Crippen LogP contribution in [0, 0.1) is 5.41 Å². The summed E-state index contributed by atoms with van der Waals surface area (Å²) >= 11 is 0. The fraction of sp³-hybridized carbons (Fsp3) is 1.00. The second-order valence-electron chi connectivity index (χ2n) is 6.67. The molecule has 20 heavy (non-hydrogen) atoms. The highest BCUT2D eigenvalue weighted by atomic mass is 16.5. The average Bonchev–Trinajstić information content (AvgIpc) is 2.98. The summed E-state index contributed by atoms with van der Waals surface area (Å²) in [5, 5.41) is 0. The number of rotatable bonds is 8. The molecule has 0 aliphatic carbocycles. The minimum atomic E-state index is 0.354. The Hall–Kier alpha value is -0.160. The molecule has 2 aliphatic rings. The highest BCUT2D eigenvalue weighted by Gasteiger charge is 2.42. The first kappa shape index (κ1) is 16.2. The molecule has 1 atom stereocenters. The highest BCUT2D eigenvalue weighted by Crippen LogP contribution is 2.39. The van der Waals surface area contributed by atoms with Gasteiger partial charge in [0.15, 0.2) is 0 Å². The zero-order valence-electron chi connectivity index (χ0n) is 13.6. The summed E-state index contributed by atoms with van der Waals surface area (Å²) in [7, 11) is 0. The number of nitrogens with zero attached hydrogens (tertiary/aromatic N) is 2. The molecule has 1 spiro atoms. The molecule has 2 heterocycles. The first-order valence-corrected chi connectivity index (χ1v) is 8.28. The molecule has 2 fully saturated rings. The van der Waals surface area contributed by atoms with E-state index in [1.807, 2.05) is 0 Å². The summed E-state index contributed by atoms with van der Waals surface area (Å²) < 4.78 is 11.1. The maximum atomic E-state index is 5.67. The fourth-order valence-electron chi connectivity index (χ4n) is 3.53. The summed E-state index contributed by atoms with van der Waals surface area (Å²) in [5.74, 6) is 0. The van der Waals surface area contributed by atoms with Gasteiger partial charge in [-0.1, -0.05) is 0 Å². The third kappa shape index (κ3) is 4.69. The SMILES string of the molecule is CCOCCN1CC[C@]2(CCN(CCOC(C)C)C2)C1. The molecule has 2 rings (SSSR count). The highest BCUT2D eigenvalue weighted by molar-refractivity contribution is 4.96. The minimum absolute atomic E-state index is 0.354. The van der Waals surface area contributed by atoms with Gasteiger partial charge in [0.25, 0.3) is 0 Å². The van der Waals surface area contributed by atoms with Crippen LogP contribution in [0.5, 0.6) is 0 Å². The van der Waals surface area contributed by atoms with E-state index in [1.54, 1.807) is 0 Å². The third-order valence-electron chi connectivity index (χ3n) is 4.65. The van der Waals surface area contributed by atoms with Crippen molar-refractivity contribution < 1.29 is 9.47 Å². The van der Waals surface area contributed by atoms with Gasteiger partial charge in [0.2, 0.25) is 0 Å². The van der Waals surface area contributed by atoms with E-state index in [0.29, 0.717) is 11.5 Å². The van der Waals surface area contributed by atoms with Crippen molar-refractivity contribution in [1.82, 2.24) is 9.80 Å². The lowest BCUT2D eigenvalue weighted by atomic mass is 9.86. The summed E-state index contributed by atoms with van der Waals surface area (Å²) in [5.41, 5.74) is 0.560. The lowest BCUT2D eigenvalue weighted by Crippen LogP contribution is -2.33. The molecule has 4 heteroatoms. The van der Waals surface area contributed by atoms with Gasteiger partial charge < -0.3 is 19.3 Å². The monoisotopic (exact) mass is 284 g/mol. The summed E-state index contributed by atoms with van der Waals surface area (Å²) in [6.45, 7) is 16.1. The van der Waals surface area contributed by atoms with Crippen molar-refractivity contribution in [2.45, 2.75) is 39.7 Å². The van der Waals surface area contributed by atoms with Crippen molar-refractivity contribution in [1.29, 1.82) is 0 Å². The number of hydrogen-bond donors (Lipinski definition) is 0. The lowest BCUT2D eigenvalue weighted by molar-refractivity contribution is 0.0612. The van der Waals surface area contributed by atoms with Crippen LogP contribution in [0.2, 0.25) is 0 Å². The molecule has 0 N–H and O–H groups in total. The van der Waals surface area contributed by atoms with Crippen molar-refractivity contribution in [2.75, 3.05) is 59.1 Å². The van der Waals surface area contributed by atoms with Crippen LogP contribution in [-0.2, 0) is 9.47 Å². The Balaban J connectivity index is 1.66. The van der Waals surface area contributed by atoms with Crippen LogP contribution in [-0.4, -0.2) is 75.0 Å². The van der Waals surface area contributed by atoms with E-state index in [0.717, 1.165) is 32.9 Å². The standard InChI is InChI=1S/C16H32N2O2/c1-4-19-11-9-17-7-5-16(13-17)6-8-18(14-16)10-12-20-15(2)3/h15H,4-14H2,1-3H3/t16-/m0/s1. The topological polar surface area (TPSA) is 24.9 Å². The largest absolute Gasteiger partial charge is 0.380 e. The first-order valence-electron chi connectivity index (χ1n) is 8.28. The van der Waals surface area contributed by atoms with Gasteiger partial charge in [-0.15, -0.1) is 0 Å². The number of ether oxygens (including phenoxy) is 2. The molecule has 2 saturated heterocycles. The van der Waals surface area contributed by atoms with Crippen LogP contribution < -0.4 is 0 Å². The normalized spacial score (nSPS) is 28.2. The smallest absolute Gasteiger partial charge is 0.0596 e. The zero-order valence-corrected chi connectivity index (χ0v) is 13.6. The van der Waals surface area contributed by atoms with Crippen molar-refractivity contribution in [2.24, 2.45) is 5.41 Å². The van der Waals surface area contributed by atoms with Crippen molar-refractivity contribution >= 4 is 0 Å². The first-order chi connectivity index (χ1) is 9.63. The second kappa shape index (κ2) is 7.74. The van der Waals surface area contributed by atoms with E-state index in [-0.39, 0.29) is 0 Å². The van der Waals surface area contributed by atoms with E-state index in [2.05, 4.69) is 30.6 Å². The Labute approximate surface area is 124 Å². The Morgan fingerprint density at radius 1 is 1.00 bits per heavy atom. The molecule has 0 unspecified atom stereocenters. The number of likely N-dealkylation sites (tertiary alicyclic amines) is 2. The van der Waals surface area contributed by atoms with E-state index in [4.69, 9.17) is 9.47 Å². The van der Waals surface area contributed by atoms with Crippen molar-refractivity contribution in [3.8, 4) is 0 Å². The average molecular weight is 284 g/mol. The Morgan fingerprint density at radius 3 is 2.15 bits per heavy atom. The van der Waals surface area contributed by atoms with E-state index in [1.165, 1.54) is 39.0 Å². The van der Waals surface area contributed by atoms with Gasteiger partial charge in [-0.3, -0.25) is 0 Å². The molecule has 0 saturated carbocycles. The maximum Gasteiger partial charge on any atom is 0.0596 e. The molecule has 0 aromatic carbocycles. The van der Waals surface area contributed by atoms with Gasteiger partial charge in [0, 0.05) is 32.8 Å². The lowest BCUT2D eigenvalue weighted by Gasteiger charge is -2.25. The molecule has 0 bridgehead atoms. The quantitative estimate of drug-likeness (QED) is 0.635. The van der Waals surface area contributed by atoms with Crippen LogP contribution >= 0.6 is 0 Å². The van der Waals surface area contributed by atoms with E-state index < -0.39 is 0 Å². The molecule has 0 aromatic rings. The van der Waals surface area contributed by atoms with E-state index >= 15 is 0 Å². The summed E-state index contributed by atoms with van der Waals surface area (Å²) in [6.07, 6.45) is 3.08. The Kier molecular flexibility index (Phi) is 6.27. The van der Waals surface area contributed by atoms with Crippen LogP contribution in [0.4, 0.5) is 0 Å². The molecular formula is C16H32N2O2. The van der Waals surface area contributed by atoms with Gasteiger partial charge in [-0.2, -0.15) is 0 Å². The maximum absolute atomic E-state index is 5.67. The van der Waals surface area contributed by atoms with Gasteiger partial charge in [-0.05, 0) is 52.1 Å². The summed E-state index contributed by atoms with van der Waals surface area (Å²) in [6, 6.07) is 0. The number of hydrogen-bond acceptors (Lipinski definition) is 4. The predicted molar refractivity (Wildman–Crippen MR) is 82.1 cm³/mol. The van der Waals surface area contributed by atoms with Crippen molar-refractivity contribution in [3.63, 3.8) is 0 Å². The Morgan fingerprint density at radius 2 is 1.60 bits per heavy atom. The van der Waals surface area contributed by atoms with Gasteiger partial charge in [0.05, 0.1) is 19.3 Å². The van der Waals surface area contributed by atoms with Crippen molar-refractivity contribution in [3.05, 3.63) is 0 Å². The van der Waals surface area contributed by atoms with Crippen LogP contribution in [0.25, 0.3) is 0 Å².